The molecular formula is C22H14NNaO4. The van der Waals surface area contributed by atoms with Crippen LogP contribution in [0.3, 0.4) is 0 Å². The molecule has 0 fully saturated rings. The molecule has 1 N–H and O–H groups in total. The van der Waals surface area contributed by atoms with E-state index >= 15 is 0 Å². The van der Waals surface area contributed by atoms with Crippen molar-refractivity contribution in [2.45, 2.75) is 18.9 Å². The van der Waals surface area contributed by atoms with Gasteiger partial charge in [0, 0.05) is 22.3 Å². The van der Waals surface area contributed by atoms with Crippen LogP contribution in [0.5, 0.6) is 0 Å². The molecule has 5 nitrogen and oxygen atoms in total. The summed E-state index contributed by atoms with van der Waals surface area (Å²) in [4.78, 5) is 29.9. The number of carbonyl (C=O) groups is 2. The first-order valence-electron chi connectivity index (χ1n) is 8.77. The minimum atomic E-state index is -0.579. The molecule has 132 valence electrons. The van der Waals surface area contributed by atoms with Crippen LogP contribution in [-0.4, -0.2) is 28.4 Å². The van der Waals surface area contributed by atoms with Crippen LogP contribution in [0.25, 0.3) is 11.5 Å². The maximum Gasteiger partial charge on any atom is 1.00 e. The van der Waals surface area contributed by atoms with Crippen LogP contribution < -0.4 is 34.7 Å². The number of allylic oxidation sites excluding steroid dienone is 1. The van der Waals surface area contributed by atoms with Crippen LogP contribution in [0.15, 0.2) is 64.7 Å². The first-order valence-corrected chi connectivity index (χ1v) is 8.77. The quantitative estimate of drug-likeness (QED) is 0.728. The summed E-state index contributed by atoms with van der Waals surface area (Å²) in [5.74, 6) is -0.915. The molecule has 5 rings (SSSR count). The SMILES string of the molecule is O=C1C(C2CCC(C3=C(O)c4ccccc4C3=O)=N2)=C([O-])c2ccccc21.[Na+]. The molecule has 6 heteroatoms. The first kappa shape index (κ1) is 18.9. The van der Waals surface area contributed by atoms with Gasteiger partial charge in [0.1, 0.15) is 5.76 Å². The molecule has 0 spiro atoms. The van der Waals surface area contributed by atoms with E-state index in [1.807, 2.05) is 0 Å². The molecule has 0 aromatic heterocycles. The van der Waals surface area contributed by atoms with Crippen LogP contribution in [-0.2, 0) is 0 Å². The van der Waals surface area contributed by atoms with Gasteiger partial charge < -0.3 is 10.2 Å². The Morgan fingerprint density at radius 2 is 1.46 bits per heavy atom. The summed E-state index contributed by atoms with van der Waals surface area (Å²) in [7, 11) is 0. The number of rotatable bonds is 2. The Morgan fingerprint density at radius 3 is 2.07 bits per heavy atom. The number of fused-ring (bicyclic) bond motifs is 2. The standard InChI is InChI=1S/C22H15NO4.Na/c24-19-11-5-1-2-6-12(11)20(25)17(19)15-9-10-16(23-15)18-21(26)13-7-3-4-8-14(13)22(18)27;/h1-8,15,24,26H,9-10H2;/q;+1/p-1. The molecule has 3 aliphatic rings. The molecule has 28 heavy (non-hydrogen) atoms. The van der Waals surface area contributed by atoms with E-state index in [1.165, 1.54) is 0 Å². The number of nitrogens with zero attached hydrogens (tertiary/aromatic N) is 1. The van der Waals surface area contributed by atoms with Gasteiger partial charge in [-0.3, -0.25) is 14.6 Å². The van der Waals surface area contributed by atoms with Crippen molar-refractivity contribution in [2.24, 2.45) is 4.99 Å². The third-order valence-electron chi connectivity index (χ3n) is 5.38. The molecule has 1 aliphatic heterocycles. The number of aliphatic imine (C=N–C) groups is 1. The Kier molecular flexibility index (Phi) is 4.62. The van der Waals surface area contributed by atoms with Crippen molar-refractivity contribution in [1.29, 1.82) is 0 Å². The smallest absolute Gasteiger partial charge is 0.872 e. The van der Waals surface area contributed by atoms with Crippen LogP contribution in [0.2, 0.25) is 0 Å². The number of hydrogen-bond donors (Lipinski definition) is 1. The van der Waals surface area contributed by atoms with Gasteiger partial charge in [-0.2, -0.15) is 0 Å². The minimum absolute atomic E-state index is 0. The number of benzene rings is 2. The molecule has 1 atom stereocenters. The number of aliphatic hydroxyl groups excluding tert-OH is 1. The summed E-state index contributed by atoms with van der Waals surface area (Å²) in [6.07, 6.45) is 0.904. The van der Waals surface area contributed by atoms with E-state index in [0.717, 1.165) is 0 Å². The van der Waals surface area contributed by atoms with Crippen LogP contribution in [0.4, 0.5) is 0 Å². The van der Waals surface area contributed by atoms with Crippen LogP contribution in [0.1, 0.15) is 44.7 Å². The second-order valence-electron chi connectivity index (χ2n) is 6.85. The summed E-state index contributed by atoms with van der Waals surface area (Å²) in [5, 5.41) is 23.2. The fourth-order valence-electron chi connectivity index (χ4n) is 4.10. The Morgan fingerprint density at radius 1 is 0.893 bits per heavy atom. The number of hydrogen-bond acceptors (Lipinski definition) is 5. The summed E-state index contributed by atoms with van der Waals surface area (Å²) >= 11 is 0. The molecule has 1 unspecified atom stereocenters. The van der Waals surface area contributed by atoms with E-state index in [0.29, 0.717) is 40.8 Å². The molecular weight excluding hydrogens is 365 g/mol. The fourth-order valence-corrected chi connectivity index (χ4v) is 4.10. The summed E-state index contributed by atoms with van der Waals surface area (Å²) in [6, 6.07) is 13.0. The number of ketones is 2. The van der Waals surface area contributed by atoms with Crippen molar-refractivity contribution >= 4 is 28.8 Å². The first-order chi connectivity index (χ1) is 13.1. The molecule has 0 radical (unpaired) electrons. The molecule has 2 aliphatic carbocycles. The normalized spacial score (nSPS) is 20.3. The van der Waals surface area contributed by atoms with E-state index in [9.17, 15) is 19.8 Å². The molecule has 0 saturated heterocycles. The van der Waals surface area contributed by atoms with Crippen molar-refractivity contribution in [1.82, 2.24) is 0 Å². The van der Waals surface area contributed by atoms with E-state index in [1.54, 1.807) is 48.5 Å². The minimum Gasteiger partial charge on any atom is -0.872 e. The van der Waals surface area contributed by atoms with E-state index in [-0.39, 0.29) is 63.8 Å². The molecule has 0 saturated carbocycles. The van der Waals surface area contributed by atoms with Gasteiger partial charge in [-0.15, -0.1) is 0 Å². The number of Topliss-reactive ketones (excluding diaryl/α,β-unsaturated/α-hetero) is 2. The van der Waals surface area contributed by atoms with Gasteiger partial charge in [-0.1, -0.05) is 54.3 Å². The zero-order valence-electron chi connectivity index (χ0n) is 15.2. The Bertz CT molecular complexity index is 1140. The van der Waals surface area contributed by atoms with Crippen LogP contribution >= 0.6 is 0 Å². The maximum atomic E-state index is 12.7. The van der Waals surface area contributed by atoms with Gasteiger partial charge in [0.15, 0.2) is 11.6 Å². The maximum absolute atomic E-state index is 12.7. The predicted octanol–water partition coefficient (Wildman–Crippen LogP) is -0.273. The Balaban J connectivity index is 0.00000192. The zero-order chi connectivity index (χ0) is 18.7. The Labute approximate surface area is 183 Å². The third kappa shape index (κ3) is 2.54. The monoisotopic (exact) mass is 379 g/mol. The van der Waals surface area contributed by atoms with Gasteiger partial charge >= 0.3 is 29.6 Å². The third-order valence-corrected chi connectivity index (χ3v) is 5.38. The second-order valence-corrected chi connectivity index (χ2v) is 6.85. The van der Waals surface area contributed by atoms with Crippen molar-refractivity contribution in [3.63, 3.8) is 0 Å². The topological polar surface area (TPSA) is 89.8 Å². The van der Waals surface area contributed by atoms with Crippen LogP contribution in [0, 0.1) is 0 Å². The molecule has 1 heterocycles. The second kappa shape index (κ2) is 6.85. The average molecular weight is 379 g/mol. The predicted molar refractivity (Wildman–Crippen MR) is 98.5 cm³/mol. The van der Waals surface area contributed by atoms with E-state index in [4.69, 9.17) is 0 Å². The molecule has 2 aromatic carbocycles. The van der Waals surface area contributed by atoms with Gasteiger partial charge in [-0.25, -0.2) is 0 Å². The summed E-state index contributed by atoms with van der Waals surface area (Å²) in [6.45, 7) is 0. The van der Waals surface area contributed by atoms with Crippen molar-refractivity contribution in [3.8, 4) is 0 Å². The van der Waals surface area contributed by atoms with Crippen molar-refractivity contribution in [3.05, 3.63) is 81.9 Å². The van der Waals surface area contributed by atoms with Gasteiger partial charge in [0.05, 0.1) is 17.3 Å². The number of aliphatic hydroxyl groups is 1. The van der Waals surface area contributed by atoms with Gasteiger partial charge in [0.2, 0.25) is 0 Å². The zero-order valence-corrected chi connectivity index (χ0v) is 17.2. The van der Waals surface area contributed by atoms with E-state index in [2.05, 4.69) is 4.99 Å². The Hall–Kier alpha value is -2.47. The molecule has 2 aromatic rings. The van der Waals surface area contributed by atoms with E-state index < -0.39 is 6.04 Å². The molecule has 0 bridgehead atoms. The van der Waals surface area contributed by atoms with Gasteiger partial charge in [-0.05, 0) is 18.4 Å². The van der Waals surface area contributed by atoms with Crippen molar-refractivity contribution in [2.75, 3.05) is 0 Å². The molecule has 0 amide bonds. The number of carbonyl (C=O) groups excluding carboxylic acids is 2. The largest absolute Gasteiger partial charge is 1.00 e. The van der Waals surface area contributed by atoms with Gasteiger partial charge in [0.25, 0.3) is 0 Å². The summed E-state index contributed by atoms with van der Waals surface area (Å²) < 4.78 is 0. The fraction of sp³-hybridized carbons (Fsp3) is 0.136. The van der Waals surface area contributed by atoms with Crippen molar-refractivity contribution < 1.29 is 49.4 Å². The average Bonchev–Trinajstić information content (AvgIpc) is 3.32. The summed E-state index contributed by atoms with van der Waals surface area (Å²) in [5.41, 5.74) is 2.58.